The molecule has 0 unspecified atom stereocenters. The SMILES string of the molecule is O=[N+]([O-])c1ccc(O)c(C=Nc2ccccc2F)c1. The van der Waals surface area contributed by atoms with Crippen molar-refractivity contribution in [3.05, 3.63) is 64.0 Å². The van der Waals surface area contributed by atoms with E-state index in [1.54, 1.807) is 6.07 Å². The molecule has 0 bridgehead atoms. The molecule has 0 radical (unpaired) electrons. The first-order valence-corrected chi connectivity index (χ1v) is 5.34. The molecule has 1 N–H and O–H groups in total. The average Bonchev–Trinajstić information content (AvgIpc) is 2.39. The minimum absolute atomic E-state index is 0.0911. The molecule has 0 aromatic heterocycles. The molecule has 0 aliphatic carbocycles. The Kier molecular flexibility index (Phi) is 3.51. The lowest BCUT2D eigenvalue weighted by atomic mass is 10.2. The summed E-state index contributed by atoms with van der Waals surface area (Å²) < 4.78 is 13.3. The van der Waals surface area contributed by atoms with Crippen LogP contribution in [0.5, 0.6) is 5.75 Å². The van der Waals surface area contributed by atoms with E-state index in [0.717, 1.165) is 0 Å². The fourth-order valence-corrected chi connectivity index (χ4v) is 1.45. The van der Waals surface area contributed by atoms with E-state index in [0.29, 0.717) is 0 Å². The Labute approximate surface area is 107 Å². The van der Waals surface area contributed by atoms with Crippen molar-refractivity contribution >= 4 is 17.6 Å². The number of nitro groups is 1. The van der Waals surface area contributed by atoms with Crippen molar-refractivity contribution < 1.29 is 14.4 Å². The summed E-state index contributed by atoms with van der Waals surface area (Å²) in [7, 11) is 0. The largest absolute Gasteiger partial charge is 0.507 e. The van der Waals surface area contributed by atoms with E-state index in [2.05, 4.69) is 4.99 Å². The summed E-state index contributed by atoms with van der Waals surface area (Å²) in [6.07, 6.45) is 1.18. The molecular weight excluding hydrogens is 251 g/mol. The van der Waals surface area contributed by atoms with Crippen molar-refractivity contribution in [3.63, 3.8) is 0 Å². The minimum Gasteiger partial charge on any atom is -0.507 e. The van der Waals surface area contributed by atoms with Crippen molar-refractivity contribution in [2.24, 2.45) is 4.99 Å². The summed E-state index contributed by atoms with van der Waals surface area (Å²) >= 11 is 0. The van der Waals surface area contributed by atoms with Crippen LogP contribution in [0.15, 0.2) is 47.5 Å². The van der Waals surface area contributed by atoms with E-state index >= 15 is 0 Å². The van der Waals surface area contributed by atoms with Crippen molar-refractivity contribution in [1.29, 1.82) is 0 Å². The Hall–Kier alpha value is -2.76. The standard InChI is InChI=1S/C13H9FN2O3/c14-11-3-1-2-4-12(11)15-8-9-7-10(16(18)19)5-6-13(9)17/h1-8,17H. The highest BCUT2D eigenvalue weighted by Crippen LogP contribution is 2.23. The van der Waals surface area contributed by atoms with Gasteiger partial charge in [-0.3, -0.25) is 15.1 Å². The van der Waals surface area contributed by atoms with Gasteiger partial charge in [-0.05, 0) is 18.2 Å². The monoisotopic (exact) mass is 260 g/mol. The van der Waals surface area contributed by atoms with E-state index in [-0.39, 0.29) is 22.7 Å². The van der Waals surface area contributed by atoms with Gasteiger partial charge in [0.15, 0.2) is 0 Å². The Morgan fingerprint density at radius 2 is 2.00 bits per heavy atom. The lowest BCUT2D eigenvalue weighted by Gasteiger charge is -1.99. The molecule has 0 saturated carbocycles. The second kappa shape index (κ2) is 5.26. The van der Waals surface area contributed by atoms with Gasteiger partial charge >= 0.3 is 0 Å². The van der Waals surface area contributed by atoms with Gasteiger partial charge in [-0.2, -0.15) is 0 Å². The van der Waals surface area contributed by atoms with Crippen molar-refractivity contribution in [2.45, 2.75) is 0 Å². The maximum Gasteiger partial charge on any atom is 0.270 e. The smallest absolute Gasteiger partial charge is 0.270 e. The van der Waals surface area contributed by atoms with Crippen LogP contribution in [0.1, 0.15) is 5.56 Å². The molecule has 6 heteroatoms. The van der Waals surface area contributed by atoms with Gasteiger partial charge < -0.3 is 5.11 Å². The lowest BCUT2D eigenvalue weighted by molar-refractivity contribution is -0.384. The quantitative estimate of drug-likeness (QED) is 0.523. The van der Waals surface area contributed by atoms with E-state index in [1.165, 1.54) is 42.6 Å². The third-order valence-corrected chi connectivity index (χ3v) is 2.42. The Morgan fingerprint density at radius 1 is 1.26 bits per heavy atom. The summed E-state index contributed by atoms with van der Waals surface area (Å²) in [6, 6.07) is 9.39. The Morgan fingerprint density at radius 3 is 2.68 bits per heavy atom. The molecule has 0 spiro atoms. The van der Waals surface area contributed by atoms with Gasteiger partial charge in [-0.1, -0.05) is 12.1 Å². The number of halogens is 1. The first-order chi connectivity index (χ1) is 9.08. The average molecular weight is 260 g/mol. The van der Waals surface area contributed by atoms with Crippen LogP contribution in [0.25, 0.3) is 0 Å². The lowest BCUT2D eigenvalue weighted by Crippen LogP contribution is -1.90. The van der Waals surface area contributed by atoms with Crippen LogP contribution in [0.3, 0.4) is 0 Å². The van der Waals surface area contributed by atoms with E-state index in [4.69, 9.17) is 0 Å². The van der Waals surface area contributed by atoms with Gasteiger partial charge in [0.05, 0.1) is 10.6 Å². The number of non-ortho nitro benzene ring substituents is 1. The molecule has 0 aliphatic rings. The highest BCUT2D eigenvalue weighted by molar-refractivity contribution is 5.86. The highest BCUT2D eigenvalue weighted by atomic mass is 19.1. The topological polar surface area (TPSA) is 75.7 Å². The molecule has 19 heavy (non-hydrogen) atoms. The predicted molar refractivity (Wildman–Crippen MR) is 68.4 cm³/mol. The normalized spacial score (nSPS) is 10.8. The predicted octanol–water partition coefficient (Wildman–Crippen LogP) is 3.19. The fourth-order valence-electron chi connectivity index (χ4n) is 1.45. The maximum absolute atomic E-state index is 13.3. The molecule has 96 valence electrons. The highest BCUT2D eigenvalue weighted by Gasteiger charge is 2.08. The number of nitrogens with zero attached hydrogens (tertiary/aromatic N) is 2. The van der Waals surface area contributed by atoms with Gasteiger partial charge in [0.1, 0.15) is 11.6 Å². The van der Waals surface area contributed by atoms with E-state index in [9.17, 15) is 19.6 Å². The number of hydrogen-bond donors (Lipinski definition) is 1. The number of hydrogen-bond acceptors (Lipinski definition) is 4. The fraction of sp³-hybridized carbons (Fsp3) is 0. The third kappa shape index (κ3) is 2.92. The zero-order valence-electron chi connectivity index (χ0n) is 9.65. The second-order valence-electron chi connectivity index (χ2n) is 3.71. The van der Waals surface area contributed by atoms with Gasteiger partial charge in [0.2, 0.25) is 0 Å². The van der Waals surface area contributed by atoms with Crippen LogP contribution in [0.4, 0.5) is 15.8 Å². The molecule has 2 aromatic rings. The van der Waals surface area contributed by atoms with Crippen molar-refractivity contribution in [2.75, 3.05) is 0 Å². The molecule has 2 aromatic carbocycles. The number of para-hydroxylation sites is 1. The molecule has 0 saturated heterocycles. The van der Waals surface area contributed by atoms with Gasteiger partial charge in [-0.15, -0.1) is 0 Å². The molecular formula is C13H9FN2O3. The number of benzene rings is 2. The summed E-state index contributed by atoms with van der Waals surface area (Å²) in [5.74, 6) is -0.672. The Bertz CT molecular complexity index is 656. The van der Waals surface area contributed by atoms with Crippen LogP contribution < -0.4 is 0 Å². The van der Waals surface area contributed by atoms with Crippen LogP contribution in [-0.4, -0.2) is 16.2 Å². The summed E-state index contributed by atoms with van der Waals surface area (Å²) in [4.78, 5) is 13.9. The molecule has 0 fully saturated rings. The molecule has 0 aliphatic heterocycles. The van der Waals surface area contributed by atoms with E-state index < -0.39 is 10.7 Å². The molecule has 0 amide bonds. The zero-order chi connectivity index (χ0) is 13.8. The summed E-state index contributed by atoms with van der Waals surface area (Å²) in [5.41, 5.74) is 0.0682. The number of phenolic OH excluding ortho intramolecular Hbond substituents is 1. The van der Waals surface area contributed by atoms with Crippen LogP contribution in [0, 0.1) is 15.9 Å². The summed E-state index contributed by atoms with van der Waals surface area (Å²) in [5, 5.41) is 20.2. The van der Waals surface area contributed by atoms with Crippen LogP contribution in [-0.2, 0) is 0 Å². The maximum atomic E-state index is 13.3. The first kappa shape index (κ1) is 12.7. The van der Waals surface area contributed by atoms with Gasteiger partial charge in [0.25, 0.3) is 5.69 Å². The first-order valence-electron chi connectivity index (χ1n) is 5.34. The number of phenols is 1. The van der Waals surface area contributed by atoms with Crippen molar-refractivity contribution in [3.8, 4) is 5.75 Å². The number of rotatable bonds is 3. The number of aromatic hydroxyl groups is 1. The van der Waals surface area contributed by atoms with Gasteiger partial charge in [0, 0.05) is 23.9 Å². The number of nitro benzene ring substituents is 1. The Balaban J connectivity index is 2.35. The molecule has 2 rings (SSSR count). The minimum atomic E-state index is -0.583. The van der Waals surface area contributed by atoms with Crippen molar-refractivity contribution in [1.82, 2.24) is 0 Å². The molecule has 5 nitrogen and oxygen atoms in total. The van der Waals surface area contributed by atoms with E-state index in [1.807, 2.05) is 0 Å². The molecule has 0 heterocycles. The number of aliphatic imine (C=N–C) groups is 1. The molecule has 0 atom stereocenters. The third-order valence-electron chi connectivity index (χ3n) is 2.42. The van der Waals surface area contributed by atoms with Crippen LogP contribution in [0.2, 0.25) is 0 Å². The second-order valence-corrected chi connectivity index (χ2v) is 3.71. The van der Waals surface area contributed by atoms with Gasteiger partial charge in [-0.25, -0.2) is 4.39 Å². The van der Waals surface area contributed by atoms with Crippen LogP contribution >= 0.6 is 0 Å². The zero-order valence-corrected chi connectivity index (χ0v) is 9.65. The summed E-state index contributed by atoms with van der Waals surface area (Å²) in [6.45, 7) is 0.